The van der Waals surface area contributed by atoms with Gasteiger partial charge in [-0.15, -0.1) is 0 Å². The van der Waals surface area contributed by atoms with Crippen LogP contribution in [0, 0.1) is 0 Å². The summed E-state index contributed by atoms with van der Waals surface area (Å²) in [7, 11) is -4.64. The third-order valence-electron chi connectivity index (χ3n) is 4.18. The fourth-order valence-electron chi connectivity index (χ4n) is 2.80. The zero-order chi connectivity index (χ0) is 18.1. The molecule has 0 fully saturated rings. The predicted molar refractivity (Wildman–Crippen MR) is 112 cm³/mol. The third kappa shape index (κ3) is 31.5. The van der Waals surface area contributed by atoms with Crippen LogP contribution < -0.4 is 0 Å². The zero-order valence-corrected chi connectivity index (χ0v) is 20.0. The molecule has 0 atom stereocenters. The van der Waals surface area contributed by atoms with Crippen molar-refractivity contribution in [1.29, 1.82) is 0 Å². The Bertz CT molecular complexity index is 413. The van der Waals surface area contributed by atoms with E-state index in [0.717, 1.165) is 19.3 Å². The second kappa shape index (κ2) is 24.6. The molecule has 0 spiro atoms. The van der Waals surface area contributed by atoms with Crippen LogP contribution >= 0.6 is 0 Å². The van der Waals surface area contributed by atoms with Crippen molar-refractivity contribution in [3.05, 3.63) is 0 Å². The molecule has 0 aromatic rings. The Morgan fingerprint density at radius 3 is 1.33 bits per heavy atom. The number of carbonyl (C=O) groups is 1. The van der Waals surface area contributed by atoms with Crippen LogP contribution in [-0.4, -0.2) is 67.6 Å². The Kier molecular flexibility index (Phi) is 31.9. The summed E-state index contributed by atoms with van der Waals surface area (Å²) in [6.45, 7) is 2.25. The Morgan fingerprint density at radius 2 is 1.04 bits per heavy atom. The smallest absolute Gasteiger partial charge is 1.00 e. The van der Waals surface area contributed by atoms with Crippen LogP contribution in [0.15, 0.2) is 0 Å². The molecule has 7 nitrogen and oxygen atoms in total. The summed E-state index contributed by atoms with van der Waals surface area (Å²) in [6.07, 6.45) is 18.5. The van der Waals surface area contributed by atoms with Crippen molar-refractivity contribution in [1.82, 2.24) is 0 Å². The van der Waals surface area contributed by atoms with Crippen LogP contribution in [0.5, 0.6) is 0 Å². The molecule has 9 heteroatoms. The molecule has 0 amide bonds. The van der Waals surface area contributed by atoms with Gasteiger partial charge in [0.05, 0.1) is 0 Å². The maximum Gasteiger partial charge on any atom is 2.00 e. The van der Waals surface area contributed by atoms with Gasteiger partial charge in [0.2, 0.25) is 0 Å². The molecular weight excluding hydrogens is 400 g/mol. The summed E-state index contributed by atoms with van der Waals surface area (Å²) in [6, 6.07) is 0. The van der Waals surface area contributed by atoms with Gasteiger partial charge in [-0.05, 0) is 6.42 Å². The Hall–Kier alpha value is 0.560. The van der Waals surface area contributed by atoms with Crippen molar-refractivity contribution in [2.75, 3.05) is 0 Å². The van der Waals surface area contributed by atoms with Gasteiger partial charge in [-0.25, -0.2) is 0 Å². The van der Waals surface area contributed by atoms with Crippen molar-refractivity contribution in [2.45, 2.75) is 110 Å². The molecule has 5 N–H and O–H groups in total. The second-order valence-corrected chi connectivity index (χ2v) is 7.60. The molecule has 0 aromatic carbocycles. The number of hydrogen-bond donors (Lipinski definition) is 1. The summed E-state index contributed by atoms with van der Waals surface area (Å²) in [5.41, 5.74) is 0. The number of unbranched alkanes of at least 4 members (excludes halogenated alkanes) is 14. The maximum atomic E-state index is 11.0. The topological polar surface area (TPSA) is 144 Å². The van der Waals surface area contributed by atoms with E-state index in [1.165, 1.54) is 70.6 Å². The standard InChI is InChI=1S/C18H36O5S.Ca.2H2O.2H/c1-2-3-4-5-6-7-8-9-10-11-12-13-14-15-16-17-18(19)23-24(20,21)22;;;;;/h2-17H2,1H3,(H,20,21,22);;2*1H2;;/q;+2;;;2*-1. The van der Waals surface area contributed by atoms with E-state index in [2.05, 4.69) is 11.1 Å². The molecule has 0 saturated heterocycles. The molecule has 0 radical (unpaired) electrons. The first kappa shape index (κ1) is 35.0. The van der Waals surface area contributed by atoms with Crippen molar-refractivity contribution in [2.24, 2.45) is 0 Å². The largest absolute Gasteiger partial charge is 2.00 e. The van der Waals surface area contributed by atoms with Crippen LogP contribution in [-0.2, 0) is 19.4 Å². The van der Waals surface area contributed by atoms with Gasteiger partial charge in [0.15, 0.2) is 0 Å². The van der Waals surface area contributed by atoms with Gasteiger partial charge in [-0.2, -0.15) is 8.42 Å². The van der Waals surface area contributed by atoms with Gasteiger partial charge in [-0.1, -0.05) is 96.8 Å². The molecule has 0 aromatic heterocycles. The minimum atomic E-state index is -4.64. The molecule has 0 saturated carbocycles. The quantitative estimate of drug-likeness (QED) is 0.207. The molecule has 0 unspecified atom stereocenters. The first-order valence-electron chi connectivity index (χ1n) is 9.65. The monoisotopic (exact) mass is 442 g/mol. The minimum Gasteiger partial charge on any atom is -1.00 e. The summed E-state index contributed by atoms with van der Waals surface area (Å²) >= 11 is 0. The van der Waals surface area contributed by atoms with Gasteiger partial charge in [0.25, 0.3) is 0 Å². The summed E-state index contributed by atoms with van der Waals surface area (Å²) in [5.74, 6) is -0.882. The van der Waals surface area contributed by atoms with Crippen LogP contribution in [0.1, 0.15) is 113 Å². The van der Waals surface area contributed by atoms with Gasteiger partial charge in [0.1, 0.15) is 0 Å². The second-order valence-electron chi connectivity index (χ2n) is 6.58. The van der Waals surface area contributed by atoms with Crippen molar-refractivity contribution >= 4 is 54.1 Å². The number of hydrogen-bond acceptors (Lipinski definition) is 4. The molecule has 27 heavy (non-hydrogen) atoms. The molecule has 0 aliphatic carbocycles. The predicted octanol–water partition coefficient (Wildman–Crippen LogP) is 3.79. The molecule has 0 rings (SSSR count). The first-order chi connectivity index (χ1) is 11.5. The molecule has 0 heterocycles. The average molecular weight is 443 g/mol. The van der Waals surface area contributed by atoms with Gasteiger partial charge >= 0.3 is 54.1 Å². The maximum absolute atomic E-state index is 11.0. The SMILES string of the molecule is CCCCCCCCCCCCCCCCCC(=O)OS(=O)(=O)O.O.O.[Ca+2].[H-].[H-]. The minimum absolute atomic E-state index is 0. The molecule has 0 bridgehead atoms. The van der Waals surface area contributed by atoms with E-state index >= 15 is 0 Å². The van der Waals surface area contributed by atoms with Gasteiger partial charge < -0.3 is 18.0 Å². The average Bonchev–Trinajstić information content (AvgIpc) is 2.49. The Balaban J connectivity index is -0.000000264. The van der Waals surface area contributed by atoms with Crippen molar-refractivity contribution < 1.29 is 35.8 Å². The van der Waals surface area contributed by atoms with Crippen LogP contribution in [0.25, 0.3) is 0 Å². The van der Waals surface area contributed by atoms with Gasteiger partial charge in [0, 0.05) is 6.42 Å². The normalized spacial score (nSPS) is 10.3. The van der Waals surface area contributed by atoms with E-state index in [-0.39, 0.29) is 58.0 Å². The van der Waals surface area contributed by atoms with Crippen LogP contribution in [0.2, 0.25) is 0 Å². The van der Waals surface area contributed by atoms with Crippen LogP contribution in [0.4, 0.5) is 0 Å². The van der Waals surface area contributed by atoms with Crippen molar-refractivity contribution in [3.8, 4) is 0 Å². The summed E-state index contributed by atoms with van der Waals surface area (Å²) < 4.78 is 32.8. The Morgan fingerprint density at radius 1 is 0.741 bits per heavy atom. The molecule has 164 valence electrons. The van der Waals surface area contributed by atoms with Crippen LogP contribution in [0.3, 0.4) is 0 Å². The van der Waals surface area contributed by atoms with E-state index < -0.39 is 16.4 Å². The van der Waals surface area contributed by atoms with E-state index in [9.17, 15) is 13.2 Å². The van der Waals surface area contributed by atoms with Crippen molar-refractivity contribution in [3.63, 3.8) is 0 Å². The summed E-state index contributed by atoms with van der Waals surface area (Å²) in [5, 5.41) is 0. The number of rotatable bonds is 17. The first-order valence-corrected chi connectivity index (χ1v) is 11.0. The molecule has 0 aliphatic heterocycles. The molecule has 0 aliphatic rings. The zero-order valence-electron chi connectivity index (χ0n) is 19.0. The van der Waals surface area contributed by atoms with Gasteiger partial charge in [-0.3, -0.25) is 9.35 Å². The summed E-state index contributed by atoms with van der Waals surface area (Å²) in [4.78, 5) is 11.0. The molecular formula is C18H42CaO7S. The third-order valence-corrected chi connectivity index (χ3v) is 4.58. The Labute approximate surface area is 198 Å². The fraction of sp³-hybridized carbons (Fsp3) is 0.944. The van der Waals surface area contributed by atoms with E-state index in [4.69, 9.17) is 4.55 Å². The van der Waals surface area contributed by atoms with E-state index in [1.54, 1.807) is 0 Å². The van der Waals surface area contributed by atoms with E-state index in [1.807, 2.05) is 0 Å². The van der Waals surface area contributed by atoms with E-state index in [0.29, 0.717) is 6.42 Å². The fourth-order valence-corrected chi connectivity index (χ4v) is 3.12. The number of carbonyl (C=O) groups excluding carboxylic acids is 1.